The number of fused-ring (bicyclic) bond motifs is 2. The summed E-state index contributed by atoms with van der Waals surface area (Å²) in [5.41, 5.74) is 0.734. The van der Waals surface area contributed by atoms with Gasteiger partial charge in [-0.3, -0.25) is 13.9 Å². The van der Waals surface area contributed by atoms with Gasteiger partial charge in [-0.1, -0.05) is 30.0 Å². The second-order valence-electron chi connectivity index (χ2n) is 5.69. The fourth-order valence-corrected chi connectivity index (χ4v) is 4.62. The van der Waals surface area contributed by atoms with Crippen molar-refractivity contribution >= 4 is 44.3 Å². The van der Waals surface area contributed by atoms with Crippen LogP contribution in [0.15, 0.2) is 58.3 Å². The van der Waals surface area contributed by atoms with Crippen molar-refractivity contribution in [3.8, 4) is 0 Å². The van der Waals surface area contributed by atoms with E-state index < -0.39 is 6.55 Å². The van der Waals surface area contributed by atoms with Crippen LogP contribution >= 0.6 is 23.1 Å². The number of para-hydroxylation sites is 2. The summed E-state index contributed by atoms with van der Waals surface area (Å²) in [6.45, 7) is 1.28. The number of thiophene rings is 1. The number of hydrogen-bond donors (Lipinski definition) is 0. The van der Waals surface area contributed by atoms with Gasteiger partial charge in [-0.2, -0.15) is 8.78 Å². The summed E-state index contributed by atoms with van der Waals surface area (Å²) in [5, 5.41) is 2.82. The summed E-state index contributed by atoms with van der Waals surface area (Å²) in [4.78, 5) is 22.1. The highest BCUT2D eigenvalue weighted by Gasteiger charge is 2.19. The molecule has 0 unspecified atom stereocenters. The highest BCUT2D eigenvalue weighted by molar-refractivity contribution is 7.98. The van der Waals surface area contributed by atoms with Crippen LogP contribution in [0.25, 0.3) is 21.3 Å². The van der Waals surface area contributed by atoms with Gasteiger partial charge in [0.15, 0.2) is 5.16 Å². The smallest absolute Gasteiger partial charge is 0.283 e. The minimum Gasteiger partial charge on any atom is -0.283 e. The van der Waals surface area contributed by atoms with Crippen molar-refractivity contribution in [2.75, 3.05) is 0 Å². The molecule has 9 heteroatoms. The van der Waals surface area contributed by atoms with Crippen molar-refractivity contribution in [2.45, 2.75) is 24.0 Å². The Bertz CT molecular complexity index is 1200. The minimum atomic E-state index is -2.70. The third-order valence-electron chi connectivity index (χ3n) is 4.05. The third kappa shape index (κ3) is 3.17. The van der Waals surface area contributed by atoms with E-state index in [1.54, 1.807) is 36.4 Å². The van der Waals surface area contributed by atoms with E-state index in [9.17, 15) is 13.6 Å². The molecule has 0 spiro atoms. The Labute approximate surface area is 161 Å². The number of nitrogens with zero attached hydrogens (tertiary/aromatic N) is 4. The molecule has 4 aromatic rings. The lowest BCUT2D eigenvalue weighted by molar-refractivity contribution is 0.0722. The molecule has 0 radical (unpaired) electrons. The van der Waals surface area contributed by atoms with Crippen molar-refractivity contribution in [3.63, 3.8) is 0 Å². The molecule has 0 aliphatic rings. The van der Waals surface area contributed by atoms with Crippen LogP contribution in [0.3, 0.4) is 0 Å². The molecule has 1 aromatic carbocycles. The fourth-order valence-electron chi connectivity index (χ4n) is 2.87. The van der Waals surface area contributed by atoms with Crippen molar-refractivity contribution in [2.24, 2.45) is 0 Å². The minimum absolute atomic E-state index is 0.161. The lowest BCUT2D eigenvalue weighted by Crippen LogP contribution is -2.22. The summed E-state index contributed by atoms with van der Waals surface area (Å²) in [7, 11) is 0. The largest absolute Gasteiger partial charge is 0.320 e. The van der Waals surface area contributed by atoms with Crippen LogP contribution < -0.4 is 5.56 Å². The molecule has 3 heterocycles. The summed E-state index contributed by atoms with van der Waals surface area (Å²) < 4.78 is 29.6. The first-order chi connectivity index (χ1) is 13.1. The maximum Gasteiger partial charge on any atom is 0.320 e. The molecule has 0 bridgehead atoms. The van der Waals surface area contributed by atoms with E-state index in [0.29, 0.717) is 33.0 Å². The van der Waals surface area contributed by atoms with Crippen molar-refractivity contribution < 1.29 is 8.78 Å². The summed E-state index contributed by atoms with van der Waals surface area (Å²) >= 11 is 2.58. The van der Waals surface area contributed by atoms with E-state index in [1.807, 2.05) is 5.38 Å². The van der Waals surface area contributed by atoms with Gasteiger partial charge < -0.3 is 0 Å². The molecule has 0 saturated carbocycles. The van der Waals surface area contributed by atoms with Crippen LogP contribution in [0, 0.1) is 0 Å². The van der Waals surface area contributed by atoms with E-state index in [4.69, 9.17) is 0 Å². The third-order valence-corrected chi connectivity index (χ3v) is 5.83. The number of allylic oxidation sites excluding steroid dienone is 1. The number of alkyl halides is 2. The van der Waals surface area contributed by atoms with E-state index in [1.165, 1.54) is 27.7 Å². The maximum atomic E-state index is 13.6. The summed E-state index contributed by atoms with van der Waals surface area (Å²) in [5.74, 6) is 0.404. The quantitative estimate of drug-likeness (QED) is 0.266. The first-order valence-corrected chi connectivity index (χ1v) is 9.92. The van der Waals surface area contributed by atoms with Crippen LogP contribution in [0.1, 0.15) is 12.4 Å². The first kappa shape index (κ1) is 17.9. The van der Waals surface area contributed by atoms with Crippen LogP contribution in [-0.4, -0.2) is 19.1 Å². The monoisotopic (exact) mass is 404 g/mol. The van der Waals surface area contributed by atoms with E-state index >= 15 is 0 Å². The number of rotatable bonds is 6. The molecule has 0 saturated heterocycles. The SMILES string of the molecule is C=CCn1c(SCc2nc3ccccc3n2C(F)F)nc2sccc2c1=O. The normalized spacial score (nSPS) is 11.7. The summed E-state index contributed by atoms with van der Waals surface area (Å²) in [6, 6.07) is 8.52. The lowest BCUT2D eigenvalue weighted by atomic mass is 10.3. The molecule has 5 nitrogen and oxygen atoms in total. The number of aromatic nitrogens is 4. The lowest BCUT2D eigenvalue weighted by Gasteiger charge is -2.11. The van der Waals surface area contributed by atoms with E-state index in [2.05, 4.69) is 16.5 Å². The Morgan fingerprint density at radius 2 is 2.07 bits per heavy atom. The van der Waals surface area contributed by atoms with Crippen LogP contribution in [0.5, 0.6) is 0 Å². The standard InChI is InChI=1S/C18H14F2N4OS2/c1-2-8-23-16(25)11-7-9-26-15(11)22-18(23)27-10-14-21-12-5-3-4-6-13(12)24(14)17(19)20/h2-7,9,17H,1,8,10H2. The molecule has 0 aliphatic heterocycles. The molecule has 3 aromatic heterocycles. The highest BCUT2D eigenvalue weighted by Crippen LogP contribution is 2.28. The Kier molecular flexibility index (Phi) is 4.79. The van der Waals surface area contributed by atoms with Crippen molar-refractivity contribution in [1.29, 1.82) is 0 Å². The number of hydrogen-bond acceptors (Lipinski definition) is 5. The Morgan fingerprint density at radius 1 is 1.26 bits per heavy atom. The van der Waals surface area contributed by atoms with Gasteiger partial charge >= 0.3 is 6.55 Å². The molecule has 138 valence electrons. The average Bonchev–Trinajstić information content (AvgIpc) is 3.26. The maximum absolute atomic E-state index is 13.6. The van der Waals surface area contributed by atoms with Gasteiger partial charge in [0.25, 0.3) is 5.56 Å². The second kappa shape index (κ2) is 7.24. The Hall–Kier alpha value is -2.52. The predicted molar refractivity (Wildman–Crippen MR) is 105 cm³/mol. The molecular weight excluding hydrogens is 390 g/mol. The molecule has 0 N–H and O–H groups in total. The predicted octanol–water partition coefficient (Wildman–Crippen LogP) is 4.68. The molecule has 0 amide bonds. The van der Waals surface area contributed by atoms with Crippen LogP contribution in [0.2, 0.25) is 0 Å². The number of benzene rings is 1. The molecule has 0 aliphatic carbocycles. The van der Waals surface area contributed by atoms with Gasteiger partial charge in [-0.05, 0) is 23.6 Å². The van der Waals surface area contributed by atoms with Crippen molar-refractivity contribution in [1.82, 2.24) is 19.1 Å². The number of imidazole rings is 1. The Balaban J connectivity index is 1.75. The zero-order valence-electron chi connectivity index (χ0n) is 14.0. The highest BCUT2D eigenvalue weighted by atomic mass is 32.2. The van der Waals surface area contributed by atoms with E-state index in [0.717, 1.165) is 4.57 Å². The molecule has 27 heavy (non-hydrogen) atoms. The Morgan fingerprint density at radius 3 is 2.85 bits per heavy atom. The van der Waals surface area contributed by atoms with Gasteiger partial charge in [-0.15, -0.1) is 17.9 Å². The van der Waals surface area contributed by atoms with Gasteiger partial charge in [0.05, 0.1) is 22.2 Å². The number of halogens is 2. The van der Waals surface area contributed by atoms with Gasteiger partial charge in [0.2, 0.25) is 0 Å². The zero-order valence-corrected chi connectivity index (χ0v) is 15.6. The molecule has 0 atom stereocenters. The number of thioether (sulfide) groups is 1. The van der Waals surface area contributed by atoms with Gasteiger partial charge in [0, 0.05) is 6.54 Å². The summed E-state index contributed by atoms with van der Waals surface area (Å²) in [6.07, 6.45) is 1.61. The fraction of sp³-hybridized carbons (Fsp3) is 0.167. The second-order valence-corrected chi connectivity index (χ2v) is 7.53. The first-order valence-electron chi connectivity index (χ1n) is 8.06. The van der Waals surface area contributed by atoms with Gasteiger partial charge in [0.1, 0.15) is 10.7 Å². The molecular formula is C18H14F2N4OS2. The topological polar surface area (TPSA) is 52.7 Å². The molecule has 4 rings (SSSR count). The van der Waals surface area contributed by atoms with E-state index in [-0.39, 0.29) is 17.1 Å². The zero-order chi connectivity index (χ0) is 19.0. The van der Waals surface area contributed by atoms with Crippen LogP contribution in [0.4, 0.5) is 8.78 Å². The van der Waals surface area contributed by atoms with Gasteiger partial charge in [-0.25, -0.2) is 9.97 Å². The average molecular weight is 404 g/mol. The molecule has 0 fully saturated rings. The van der Waals surface area contributed by atoms with Crippen LogP contribution in [-0.2, 0) is 12.3 Å². The van der Waals surface area contributed by atoms with Crippen molar-refractivity contribution in [3.05, 3.63) is 64.5 Å².